The fourth-order valence-corrected chi connectivity index (χ4v) is 2.89. The van der Waals surface area contributed by atoms with Crippen molar-refractivity contribution in [2.45, 2.75) is 89.1 Å². The summed E-state index contributed by atoms with van der Waals surface area (Å²) >= 11 is 1.10. The molecule has 0 spiro atoms. The first-order valence-electron chi connectivity index (χ1n) is 7.97. The number of hydrogen-bond donors (Lipinski definition) is 2. The molecular weight excluding hydrogens is 316 g/mol. The number of aliphatic hydroxyl groups excluding tert-OH is 2. The summed E-state index contributed by atoms with van der Waals surface area (Å²) in [5.74, 6) is 0. The van der Waals surface area contributed by atoms with Gasteiger partial charge in [0, 0.05) is 17.6 Å². The summed E-state index contributed by atoms with van der Waals surface area (Å²) in [5, 5.41) is 19.8. The Balaban J connectivity index is 2.77. The Bertz CT molecular complexity index is 422. The lowest BCUT2D eigenvalue weighted by Crippen LogP contribution is -2.38. The fourth-order valence-electron chi connectivity index (χ4n) is 2.22. The lowest BCUT2D eigenvalue weighted by atomic mass is 9.96. The summed E-state index contributed by atoms with van der Waals surface area (Å²) in [7, 11) is 0. The number of ether oxygens (including phenoxy) is 2. The topological polar surface area (TPSA) is 76.0 Å². The van der Waals surface area contributed by atoms with Gasteiger partial charge in [0.15, 0.2) is 0 Å². The van der Waals surface area contributed by atoms with E-state index in [2.05, 4.69) is 0 Å². The van der Waals surface area contributed by atoms with Gasteiger partial charge in [-0.05, 0) is 38.6 Å². The molecule has 1 aliphatic rings. The summed E-state index contributed by atoms with van der Waals surface area (Å²) < 4.78 is 11.0. The van der Waals surface area contributed by atoms with E-state index in [0.29, 0.717) is 6.42 Å². The minimum Gasteiger partial charge on any atom is -0.450 e. The predicted molar refractivity (Wildman–Crippen MR) is 92.6 cm³/mol. The van der Waals surface area contributed by atoms with E-state index in [1.807, 2.05) is 41.5 Å². The largest absolute Gasteiger partial charge is 0.450 e. The molecule has 0 aliphatic heterocycles. The van der Waals surface area contributed by atoms with Gasteiger partial charge in [0.2, 0.25) is 0 Å². The maximum Gasteiger partial charge on any atom is 0.368 e. The Morgan fingerprint density at radius 2 is 1.48 bits per heavy atom. The molecule has 0 saturated heterocycles. The van der Waals surface area contributed by atoms with Crippen molar-refractivity contribution in [3.63, 3.8) is 0 Å². The standard InChI is InChI=1S/C17H30O5S/c1-16(2,3)22-12-8-7-11(9-13(18)14(19)10-12)21-15(20)23-17(4,5)6/h7-8,11-14,18-19H,9-10H2,1-6H3/b8-7+. The molecule has 0 fully saturated rings. The Morgan fingerprint density at radius 3 is 1.96 bits per heavy atom. The van der Waals surface area contributed by atoms with Crippen LogP contribution >= 0.6 is 11.8 Å². The highest BCUT2D eigenvalue weighted by molar-refractivity contribution is 8.14. The fraction of sp³-hybridized carbons (Fsp3) is 0.824. The van der Waals surface area contributed by atoms with Gasteiger partial charge < -0.3 is 19.7 Å². The zero-order valence-corrected chi connectivity index (χ0v) is 15.7. The Morgan fingerprint density at radius 1 is 1.00 bits per heavy atom. The monoisotopic (exact) mass is 346 g/mol. The van der Waals surface area contributed by atoms with Crippen LogP contribution in [0.25, 0.3) is 0 Å². The molecule has 0 bridgehead atoms. The molecule has 0 saturated carbocycles. The molecule has 6 heteroatoms. The number of rotatable bonds is 2. The van der Waals surface area contributed by atoms with Crippen LogP contribution in [0.1, 0.15) is 54.4 Å². The van der Waals surface area contributed by atoms with Crippen molar-refractivity contribution >= 4 is 17.1 Å². The van der Waals surface area contributed by atoms with Gasteiger partial charge in [-0.2, -0.15) is 0 Å². The number of hydrogen-bond acceptors (Lipinski definition) is 6. The normalized spacial score (nSPS) is 31.1. The van der Waals surface area contributed by atoms with Gasteiger partial charge in [0.05, 0.1) is 23.9 Å². The molecule has 4 atom stereocenters. The van der Waals surface area contributed by atoms with Crippen molar-refractivity contribution in [2.75, 3.05) is 0 Å². The van der Waals surface area contributed by atoms with Gasteiger partial charge in [0.1, 0.15) is 6.10 Å². The smallest absolute Gasteiger partial charge is 0.368 e. The number of carbonyl (C=O) groups is 1. The van der Waals surface area contributed by atoms with E-state index in [1.165, 1.54) is 0 Å². The van der Waals surface area contributed by atoms with E-state index >= 15 is 0 Å². The van der Waals surface area contributed by atoms with Crippen molar-refractivity contribution < 1.29 is 24.5 Å². The molecule has 0 aromatic rings. The highest BCUT2D eigenvalue weighted by atomic mass is 32.2. The molecule has 0 aromatic heterocycles. The van der Waals surface area contributed by atoms with Crippen LogP contribution in [-0.2, 0) is 9.47 Å². The predicted octanol–water partition coefficient (Wildman–Crippen LogP) is 3.28. The van der Waals surface area contributed by atoms with Gasteiger partial charge in [-0.3, -0.25) is 0 Å². The minimum atomic E-state index is -0.955. The van der Waals surface area contributed by atoms with Gasteiger partial charge in [-0.1, -0.05) is 26.8 Å². The molecule has 134 valence electrons. The van der Waals surface area contributed by atoms with Gasteiger partial charge in [-0.25, -0.2) is 4.79 Å². The maximum atomic E-state index is 12.0. The molecule has 2 N–H and O–H groups in total. The van der Waals surface area contributed by atoms with Crippen LogP contribution in [0.5, 0.6) is 0 Å². The van der Waals surface area contributed by atoms with Crippen molar-refractivity contribution in [1.29, 1.82) is 0 Å². The molecule has 0 heterocycles. The third-order valence-corrected chi connectivity index (χ3v) is 3.95. The van der Waals surface area contributed by atoms with Crippen LogP contribution in [-0.4, -0.2) is 50.3 Å². The van der Waals surface area contributed by atoms with Crippen molar-refractivity contribution in [3.05, 3.63) is 12.2 Å². The Labute approximate surface area is 143 Å². The first-order valence-corrected chi connectivity index (χ1v) is 8.79. The number of carbonyl (C=O) groups excluding carboxylic acids is 1. The van der Waals surface area contributed by atoms with Gasteiger partial charge >= 0.3 is 5.30 Å². The van der Waals surface area contributed by atoms with Crippen LogP contribution in [0, 0.1) is 0 Å². The van der Waals surface area contributed by atoms with E-state index in [0.717, 1.165) is 11.8 Å². The first-order chi connectivity index (χ1) is 10.4. The zero-order chi connectivity index (χ0) is 17.8. The third kappa shape index (κ3) is 8.74. The Kier molecular flexibility index (Phi) is 7.13. The van der Waals surface area contributed by atoms with E-state index in [9.17, 15) is 15.0 Å². The minimum absolute atomic E-state index is 0.177. The van der Waals surface area contributed by atoms with Crippen LogP contribution in [0.15, 0.2) is 12.2 Å². The lowest BCUT2D eigenvalue weighted by molar-refractivity contribution is -0.0802. The quantitative estimate of drug-likeness (QED) is 0.590. The molecule has 0 aromatic carbocycles. The summed E-state index contributed by atoms with van der Waals surface area (Å²) in [4.78, 5) is 12.0. The van der Waals surface area contributed by atoms with Gasteiger partial charge in [0.25, 0.3) is 0 Å². The average molecular weight is 346 g/mol. The van der Waals surface area contributed by atoms with Crippen molar-refractivity contribution in [1.82, 2.24) is 0 Å². The molecular formula is C17H30O5S. The van der Waals surface area contributed by atoms with E-state index in [-0.39, 0.29) is 28.2 Å². The molecule has 4 unspecified atom stereocenters. The lowest BCUT2D eigenvalue weighted by Gasteiger charge is -2.31. The molecule has 0 amide bonds. The van der Waals surface area contributed by atoms with E-state index < -0.39 is 18.3 Å². The van der Waals surface area contributed by atoms with Crippen molar-refractivity contribution in [2.24, 2.45) is 0 Å². The third-order valence-electron chi connectivity index (χ3n) is 3.07. The summed E-state index contributed by atoms with van der Waals surface area (Å²) in [6, 6.07) is 0. The van der Waals surface area contributed by atoms with E-state index in [4.69, 9.17) is 9.47 Å². The highest BCUT2D eigenvalue weighted by Crippen LogP contribution is 2.27. The maximum absolute atomic E-state index is 12.0. The second-order valence-corrected chi connectivity index (χ2v) is 9.64. The highest BCUT2D eigenvalue weighted by Gasteiger charge is 2.30. The van der Waals surface area contributed by atoms with Crippen LogP contribution < -0.4 is 0 Å². The Hall–Kier alpha value is -0.560. The summed E-state index contributed by atoms with van der Waals surface area (Å²) in [6.07, 6.45) is 1.26. The molecule has 0 radical (unpaired) electrons. The number of thioether (sulfide) groups is 1. The molecule has 1 aliphatic carbocycles. The first kappa shape index (κ1) is 20.5. The summed E-state index contributed by atoms with van der Waals surface area (Å²) in [5.41, 5.74) is -0.368. The second-order valence-electron chi connectivity index (χ2n) is 7.88. The summed E-state index contributed by atoms with van der Waals surface area (Å²) in [6.45, 7) is 11.6. The SMILES string of the molecule is CC(C)(C)OC1/C=C/C(OC(=O)SC(C)(C)C)CC(O)C(O)C1. The second kappa shape index (κ2) is 8.01. The van der Waals surface area contributed by atoms with Crippen LogP contribution in [0.4, 0.5) is 4.79 Å². The van der Waals surface area contributed by atoms with Gasteiger partial charge in [-0.15, -0.1) is 0 Å². The average Bonchev–Trinajstić information content (AvgIpc) is 2.29. The van der Waals surface area contributed by atoms with Crippen molar-refractivity contribution in [3.8, 4) is 0 Å². The molecule has 5 nitrogen and oxygen atoms in total. The van der Waals surface area contributed by atoms with E-state index in [1.54, 1.807) is 12.2 Å². The zero-order valence-electron chi connectivity index (χ0n) is 14.9. The van der Waals surface area contributed by atoms with Crippen LogP contribution in [0.2, 0.25) is 0 Å². The molecule has 23 heavy (non-hydrogen) atoms. The number of aliphatic hydroxyl groups is 2. The van der Waals surface area contributed by atoms with Crippen LogP contribution in [0.3, 0.4) is 0 Å². The molecule has 1 rings (SSSR count).